The largest absolute Gasteiger partial charge is 0.310 e. The highest BCUT2D eigenvalue weighted by Crippen LogP contribution is 2.53. The standard InChI is InChI=1S/C51H35NS2/c1-51(2)42-21-11-9-18-38(42)41-30-34(25-28-43(41)51)52(35-24-26-40-47(31-35)53-46-23-13-20-36(48(40)46)32-14-5-3-6-15-32)44-29-27-37(33-16-7-4-8-17-33)50-49(44)39-19-10-12-22-45(39)54-50/h3-31H,1-2H3. The Morgan fingerprint density at radius 3 is 1.87 bits per heavy atom. The maximum Gasteiger partial charge on any atom is 0.0555 e. The molecule has 2 aromatic heterocycles. The number of fused-ring (bicyclic) bond motifs is 9. The summed E-state index contributed by atoms with van der Waals surface area (Å²) < 4.78 is 5.21. The predicted octanol–water partition coefficient (Wildman–Crippen LogP) is 15.5. The fraction of sp³-hybridized carbons (Fsp3) is 0.0588. The second-order valence-electron chi connectivity index (χ2n) is 14.9. The van der Waals surface area contributed by atoms with Gasteiger partial charge >= 0.3 is 0 Å². The molecule has 3 heteroatoms. The minimum Gasteiger partial charge on any atom is -0.310 e. The smallest absolute Gasteiger partial charge is 0.0555 e. The van der Waals surface area contributed by atoms with Gasteiger partial charge in [0.25, 0.3) is 0 Å². The van der Waals surface area contributed by atoms with E-state index in [1.165, 1.54) is 90.5 Å². The molecular weight excluding hydrogens is 691 g/mol. The van der Waals surface area contributed by atoms with Gasteiger partial charge in [0.05, 0.1) is 5.69 Å². The number of hydrogen-bond donors (Lipinski definition) is 0. The van der Waals surface area contributed by atoms with Crippen molar-refractivity contribution < 1.29 is 0 Å². The van der Waals surface area contributed by atoms with Gasteiger partial charge in [0.1, 0.15) is 0 Å². The molecule has 0 bridgehead atoms. The molecule has 1 nitrogen and oxygen atoms in total. The minimum absolute atomic E-state index is 0.0596. The van der Waals surface area contributed by atoms with Crippen LogP contribution < -0.4 is 4.90 Å². The fourth-order valence-electron chi connectivity index (χ4n) is 8.93. The van der Waals surface area contributed by atoms with Crippen molar-refractivity contribution in [3.8, 4) is 33.4 Å². The molecule has 8 aromatic carbocycles. The van der Waals surface area contributed by atoms with Crippen LogP contribution in [-0.4, -0.2) is 0 Å². The van der Waals surface area contributed by atoms with Crippen LogP contribution in [0.2, 0.25) is 0 Å². The molecule has 0 spiro atoms. The summed E-state index contributed by atoms with van der Waals surface area (Å²) in [6, 6.07) is 65.2. The third-order valence-corrected chi connectivity index (χ3v) is 13.8. The molecule has 256 valence electrons. The zero-order valence-corrected chi connectivity index (χ0v) is 31.6. The van der Waals surface area contributed by atoms with Crippen molar-refractivity contribution in [1.29, 1.82) is 0 Å². The number of anilines is 3. The molecule has 0 radical (unpaired) electrons. The third-order valence-electron chi connectivity index (χ3n) is 11.5. The Morgan fingerprint density at radius 1 is 0.407 bits per heavy atom. The van der Waals surface area contributed by atoms with Gasteiger partial charge in [-0.2, -0.15) is 0 Å². The highest BCUT2D eigenvalue weighted by Gasteiger charge is 2.35. The highest BCUT2D eigenvalue weighted by atomic mass is 32.1. The number of thiophene rings is 2. The van der Waals surface area contributed by atoms with Crippen molar-refractivity contribution in [2.24, 2.45) is 0 Å². The summed E-state index contributed by atoms with van der Waals surface area (Å²) in [6.45, 7) is 4.72. The predicted molar refractivity (Wildman–Crippen MR) is 235 cm³/mol. The molecule has 0 aliphatic heterocycles. The maximum atomic E-state index is 2.52. The second-order valence-corrected chi connectivity index (χ2v) is 17.0. The molecule has 1 aliphatic carbocycles. The van der Waals surface area contributed by atoms with Gasteiger partial charge < -0.3 is 4.90 Å². The van der Waals surface area contributed by atoms with Gasteiger partial charge in [0, 0.05) is 57.1 Å². The summed E-state index contributed by atoms with van der Waals surface area (Å²) in [5, 5.41) is 5.21. The molecule has 1 aliphatic rings. The minimum atomic E-state index is -0.0596. The molecule has 0 unspecified atom stereocenters. The first-order valence-electron chi connectivity index (χ1n) is 18.6. The third kappa shape index (κ3) is 4.69. The van der Waals surface area contributed by atoms with Gasteiger partial charge in [-0.3, -0.25) is 0 Å². The van der Waals surface area contributed by atoms with E-state index in [9.17, 15) is 0 Å². The van der Waals surface area contributed by atoms with Crippen molar-refractivity contribution in [2.75, 3.05) is 4.90 Å². The molecule has 2 heterocycles. The van der Waals surface area contributed by atoms with E-state index in [2.05, 4.69) is 195 Å². The number of rotatable bonds is 5. The van der Waals surface area contributed by atoms with Crippen LogP contribution in [0.15, 0.2) is 176 Å². The first kappa shape index (κ1) is 31.5. The normalized spacial score (nSPS) is 13.1. The SMILES string of the molecule is CC1(C)c2ccccc2-c2cc(N(c3ccc4c(c3)sc3cccc(-c5ccccc5)c34)c3ccc(-c4ccccc4)c4sc5ccccc5c34)ccc21. The zero-order valence-electron chi connectivity index (χ0n) is 30.0. The van der Waals surface area contributed by atoms with E-state index >= 15 is 0 Å². The molecular formula is C51H35NS2. The topological polar surface area (TPSA) is 3.24 Å². The van der Waals surface area contributed by atoms with Gasteiger partial charge in [-0.05, 0) is 87.0 Å². The van der Waals surface area contributed by atoms with E-state index in [1.54, 1.807) is 0 Å². The number of benzene rings is 8. The quantitative estimate of drug-likeness (QED) is 0.171. The van der Waals surface area contributed by atoms with Crippen molar-refractivity contribution >= 4 is 80.1 Å². The van der Waals surface area contributed by atoms with E-state index in [-0.39, 0.29) is 5.41 Å². The fourth-order valence-corrected chi connectivity index (χ4v) is 11.4. The second kappa shape index (κ2) is 12.0. The van der Waals surface area contributed by atoms with Crippen molar-refractivity contribution in [1.82, 2.24) is 0 Å². The van der Waals surface area contributed by atoms with Gasteiger partial charge in [0.2, 0.25) is 0 Å². The first-order valence-corrected chi connectivity index (χ1v) is 20.2. The summed E-state index contributed by atoms with van der Waals surface area (Å²) in [5.41, 5.74) is 13.9. The Hall–Kier alpha value is -6.00. The number of nitrogens with zero attached hydrogens (tertiary/aromatic N) is 1. The Labute approximate surface area is 323 Å². The summed E-state index contributed by atoms with van der Waals surface area (Å²) in [5.74, 6) is 0. The molecule has 54 heavy (non-hydrogen) atoms. The molecule has 10 aromatic rings. The molecule has 11 rings (SSSR count). The summed E-state index contributed by atoms with van der Waals surface area (Å²) in [6.07, 6.45) is 0. The van der Waals surface area contributed by atoms with Crippen LogP contribution in [0.5, 0.6) is 0 Å². The Morgan fingerprint density at radius 2 is 1.04 bits per heavy atom. The zero-order chi connectivity index (χ0) is 36.0. The summed E-state index contributed by atoms with van der Waals surface area (Å²) in [4.78, 5) is 2.52. The lowest BCUT2D eigenvalue weighted by atomic mass is 9.82. The van der Waals surface area contributed by atoms with Gasteiger partial charge in [0.15, 0.2) is 0 Å². The molecule has 0 N–H and O–H groups in total. The van der Waals surface area contributed by atoms with Gasteiger partial charge in [-0.25, -0.2) is 0 Å². The molecule has 0 atom stereocenters. The molecule has 0 amide bonds. The Kier molecular flexibility index (Phi) is 7.01. The van der Waals surface area contributed by atoms with Crippen LogP contribution in [0.25, 0.3) is 73.7 Å². The van der Waals surface area contributed by atoms with Crippen molar-refractivity contribution in [2.45, 2.75) is 19.3 Å². The molecule has 0 fully saturated rings. The Balaban J connectivity index is 1.19. The van der Waals surface area contributed by atoms with E-state index in [1.807, 2.05) is 22.7 Å². The van der Waals surface area contributed by atoms with E-state index in [4.69, 9.17) is 0 Å². The number of hydrogen-bond acceptors (Lipinski definition) is 3. The van der Waals surface area contributed by atoms with Crippen LogP contribution >= 0.6 is 22.7 Å². The van der Waals surface area contributed by atoms with Crippen molar-refractivity contribution in [3.05, 3.63) is 187 Å². The summed E-state index contributed by atoms with van der Waals surface area (Å²) in [7, 11) is 0. The Bertz CT molecular complexity index is 3080. The van der Waals surface area contributed by atoms with Crippen LogP contribution in [0, 0.1) is 0 Å². The van der Waals surface area contributed by atoms with E-state index in [0.29, 0.717) is 0 Å². The molecule has 0 saturated heterocycles. The average Bonchev–Trinajstić information content (AvgIpc) is 3.87. The molecule has 0 saturated carbocycles. The lowest BCUT2D eigenvalue weighted by molar-refractivity contribution is 0.660. The van der Waals surface area contributed by atoms with Crippen LogP contribution in [0.3, 0.4) is 0 Å². The van der Waals surface area contributed by atoms with Gasteiger partial charge in [-0.1, -0.05) is 147 Å². The van der Waals surface area contributed by atoms with Crippen LogP contribution in [0.1, 0.15) is 25.0 Å². The van der Waals surface area contributed by atoms with Crippen LogP contribution in [-0.2, 0) is 5.41 Å². The maximum absolute atomic E-state index is 2.52. The lowest BCUT2D eigenvalue weighted by Gasteiger charge is -2.28. The van der Waals surface area contributed by atoms with E-state index in [0.717, 1.165) is 11.4 Å². The lowest BCUT2D eigenvalue weighted by Crippen LogP contribution is -2.15. The van der Waals surface area contributed by atoms with Crippen molar-refractivity contribution in [3.63, 3.8) is 0 Å². The monoisotopic (exact) mass is 725 g/mol. The van der Waals surface area contributed by atoms with Crippen LogP contribution in [0.4, 0.5) is 17.1 Å². The van der Waals surface area contributed by atoms with Gasteiger partial charge in [-0.15, -0.1) is 22.7 Å². The van der Waals surface area contributed by atoms with E-state index < -0.39 is 0 Å². The first-order chi connectivity index (χ1) is 26.5. The average molecular weight is 726 g/mol. The highest BCUT2D eigenvalue weighted by molar-refractivity contribution is 7.26. The summed E-state index contributed by atoms with van der Waals surface area (Å²) >= 11 is 3.78.